The first-order valence-electron chi connectivity index (χ1n) is 7.17. The third-order valence-electron chi connectivity index (χ3n) is 3.93. The largest absolute Gasteiger partial charge is 0.389 e. The van der Waals surface area contributed by atoms with Crippen LogP contribution in [0.15, 0.2) is 0 Å². The molecule has 0 spiro atoms. The van der Waals surface area contributed by atoms with Crippen molar-refractivity contribution in [1.29, 1.82) is 0 Å². The molecular formula is C14H30N2O2. The Kier molecular flexibility index (Phi) is 7.15. The number of nitrogens with zero attached hydrogens (tertiary/aromatic N) is 1. The van der Waals surface area contributed by atoms with Crippen molar-refractivity contribution < 1.29 is 9.84 Å². The van der Waals surface area contributed by atoms with Gasteiger partial charge < -0.3 is 20.1 Å². The Morgan fingerprint density at radius 3 is 2.89 bits per heavy atom. The minimum absolute atomic E-state index is 0.611. The number of methoxy groups -OCH3 is 1. The van der Waals surface area contributed by atoms with Gasteiger partial charge in [0.05, 0.1) is 5.60 Å². The second-order valence-electron chi connectivity index (χ2n) is 5.84. The van der Waals surface area contributed by atoms with Crippen LogP contribution in [0, 0.1) is 0 Å². The van der Waals surface area contributed by atoms with E-state index in [0.717, 1.165) is 12.6 Å². The lowest BCUT2D eigenvalue weighted by molar-refractivity contribution is 0.0245. The Morgan fingerprint density at radius 1 is 1.44 bits per heavy atom. The maximum absolute atomic E-state index is 10.1. The van der Waals surface area contributed by atoms with Crippen molar-refractivity contribution in [3.8, 4) is 0 Å². The topological polar surface area (TPSA) is 44.7 Å². The van der Waals surface area contributed by atoms with Gasteiger partial charge in [0.15, 0.2) is 0 Å². The van der Waals surface area contributed by atoms with Crippen LogP contribution in [0.5, 0.6) is 0 Å². The van der Waals surface area contributed by atoms with Crippen LogP contribution < -0.4 is 5.32 Å². The Bertz CT molecular complexity index is 222. The average molecular weight is 258 g/mol. The zero-order chi connectivity index (χ0) is 13.4. The molecule has 0 aromatic carbocycles. The number of hydrogen-bond acceptors (Lipinski definition) is 4. The fourth-order valence-electron chi connectivity index (χ4n) is 2.55. The van der Waals surface area contributed by atoms with Crippen molar-refractivity contribution in [3.05, 3.63) is 0 Å². The summed E-state index contributed by atoms with van der Waals surface area (Å²) in [6.45, 7) is 5.34. The Morgan fingerprint density at radius 2 is 2.22 bits per heavy atom. The summed E-state index contributed by atoms with van der Waals surface area (Å²) in [5.41, 5.74) is -0.658. The van der Waals surface area contributed by atoms with Crippen LogP contribution in [-0.4, -0.2) is 62.0 Å². The normalized spacial score (nSPS) is 25.0. The first-order chi connectivity index (χ1) is 8.55. The van der Waals surface area contributed by atoms with Crippen LogP contribution in [0.2, 0.25) is 0 Å². The SMILES string of the molecule is COCCC(C)(O)CNCCC1CCCCN1C. The summed E-state index contributed by atoms with van der Waals surface area (Å²) in [5.74, 6) is 0. The van der Waals surface area contributed by atoms with Gasteiger partial charge in [-0.2, -0.15) is 0 Å². The Hall–Kier alpha value is -0.160. The molecule has 0 saturated carbocycles. The van der Waals surface area contributed by atoms with Gasteiger partial charge in [-0.15, -0.1) is 0 Å². The minimum atomic E-state index is -0.658. The molecule has 0 aromatic heterocycles. The predicted molar refractivity (Wildman–Crippen MR) is 74.9 cm³/mol. The average Bonchev–Trinajstić information content (AvgIpc) is 2.34. The zero-order valence-electron chi connectivity index (χ0n) is 12.2. The van der Waals surface area contributed by atoms with E-state index in [1.807, 2.05) is 6.92 Å². The molecule has 1 rings (SSSR count). The molecule has 2 atom stereocenters. The number of ether oxygens (including phenoxy) is 1. The van der Waals surface area contributed by atoms with E-state index in [1.54, 1.807) is 7.11 Å². The summed E-state index contributed by atoms with van der Waals surface area (Å²) in [6.07, 6.45) is 5.88. The molecule has 1 aliphatic heterocycles. The third kappa shape index (κ3) is 6.14. The van der Waals surface area contributed by atoms with E-state index in [-0.39, 0.29) is 0 Å². The van der Waals surface area contributed by atoms with Crippen LogP contribution in [0.25, 0.3) is 0 Å². The van der Waals surface area contributed by atoms with Crippen molar-refractivity contribution in [2.24, 2.45) is 0 Å². The van der Waals surface area contributed by atoms with E-state index in [1.165, 1.54) is 32.2 Å². The van der Waals surface area contributed by atoms with Gasteiger partial charge in [0.2, 0.25) is 0 Å². The summed E-state index contributed by atoms with van der Waals surface area (Å²) in [7, 11) is 3.89. The standard InChI is InChI=1S/C14H30N2O2/c1-14(17,8-11-18-3)12-15-9-7-13-6-4-5-10-16(13)2/h13,15,17H,4-12H2,1-3H3. The minimum Gasteiger partial charge on any atom is -0.389 e. The fraction of sp³-hybridized carbons (Fsp3) is 1.00. The van der Waals surface area contributed by atoms with Crippen molar-refractivity contribution >= 4 is 0 Å². The van der Waals surface area contributed by atoms with Gasteiger partial charge in [0, 0.05) is 32.7 Å². The number of aliphatic hydroxyl groups is 1. The molecule has 2 N–H and O–H groups in total. The van der Waals surface area contributed by atoms with Gasteiger partial charge in [-0.25, -0.2) is 0 Å². The monoisotopic (exact) mass is 258 g/mol. The van der Waals surface area contributed by atoms with Gasteiger partial charge in [-0.3, -0.25) is 0 Å². The Labute approximate surface area is 112 Å². The predicted octanol–water partition coefficient (Wildman–Crippen LogP) is 1.24. The number of nitrogens with one attached hydrogen (secondary N) is 1. The van der Waals surface area contributed by atoms with Crippen molar-refractivity contribution in [3.63, 3.8) is 0 Å². The molecule has 0 amide bonds. The number of rotatable bonds is 8. The highest BCUT2D eigenvalue weighted by molar-refractivity contribution is 4.78. The van der Waals surface area contributed by atoms with Crippen LogP contribution in [0.4, 0.5) is 0 Å². The van der Waals surface area contributed by atoms with Crippen LogP contribution in [0.1, 0.15) is 39.0 Å². The van der Waals surface area contributed by atoms with E-state index in [4.69, 9.17) is 4.74 Å². The first kappa shape index (κ1) is 15.9. The second-order valence-corrected chi connectivity index (χ2v) is 5.84. The maximum Gasteiger partial charge on any atom is 0.0765 e. The highest BCUT2D eigenvalue weighted by Crippen LogP contribution is 2.17. The van der Waals surface area contributed by atoms with E-state index in [0.29, 0.717) is 19.6 Å². The lowest BCUT2D eigenvalue weighted by Crippen LogP contribution is -2.42. The summed E-state index contributed by atoms with van der Waals surface area (Å²) in [6, 6.07) is 0.718. The van der Waals surface area contributed by atoms with E-state index in [9.17, 15) is 5.11 Å². The quantitative estimate of drug-likeness (QED) is 0.643. The molecule has 4 nitrogen and oxygen atoms in total. The molecule has 2 unspecified atom stereocenters. The molecule has 4 heteroatoms. The van der Waals surface area contributed by atoms with E-state index >= 15 is 0 Å². The highest BCUT2D eigenvalue weighted by Gasteiger charge is 2.21. The van der Waals surface area contributed by atoms with Crippen LogP contribution >= 0.6 is 0 Å². The van der Waals surface area contributed by atoms with Crippen molar-refractivity contribution in [1.82, 2.24) is 10.2 Å². The van der Waals surface area contributed by atoms with Gasteiger partial charge >= 0.3 is 0 Å². The molecule has 1 fully saturated rings. The molecule has 1 saturated heterocycles. The van der Waals surface area contributed by atoms with Gasteiger partial charge in [-0.1, -0.05) is 6.42 Å². The lowest BCUT2D eigenvalue weighted by atomic mass is 9.99. The van der Waals surface area contributed by atoms with Crippen molar-refractivity contribution in [2.45, 2.75) is 50.7 Å². The highest BCUT2D eigenvalue weighted by atomic mass is 16.5. The molecule has 0 radical (unpaired) electrons. The van der Waals surface area contributed by atoms with Gasteiger partial charge in [0.25, 0.3) is 0 Å². The van der Waals surface area contributed by atoms with Crippen molar-refractivity contribution in [2.75, 3.05) is 40.4 Å². The van der Waals surface area contributed by atoms with E-state index in [2.05, 4.69) is 17.3 Å². The maximum atomic E-state index is 10.1. The summed E-state index contributed by atoms with van der Waals surface area (Å²) in [4.78, 5) is 2.47. The molecular weight excluding hydrogens is 228 g/mol. The van der Waals surface area contributed by atoms with Gasteiger partial charge in [-0.05, 0) is 46.3 Å². The number of likely N-dealkylation sites (tertiary alicyclic amines) is 1. The lowest BCUT2D eigenvalue weighted by Gasteiger charge is -2.33. The summed E-state index contributed by atoms with van der Waals surface area (Å²) in [5, 5.41) is 13.5. The molecule has 108 valence electrons. The first-order valence-corrected chi connectivity index (χ1v) is 7.17. The molecule has 1 heterocycles. The summed E-state index contributed by atoms with van der Waals surface area (Å²) < 4.78 is 5.00. The van der Waals surface area contributed by atoms with Gasteiger partial charge in [0.1, 0.15) is 0 Å². The number of piperidine rings is 1. The van der Waals surface area contributed by atoms with E-state index < -0.39 is 5.60 Å². The second kappa shape index (κ2) is 8.10. The number of hydrogen-bond donors (Lipinski definition) is 2. The van der Waals surface area contributed by atoms with Crippen LogP contribution in [0.3, 0.4) is 0 Å². The molecule has 0 aromatic rings. The van der Waals surface area contributed by atoms with Crippen LogP contribution in [-0.2, 0) is 4.74 Å². The summed E-state index contributed by atoms with van der Waals surface area (Å²) >= 11 is 0. The molecule has 1 aliphatic rings. The fourth-order valence-corrected chi connectivity index (χ4v) is 2.55. The Balaban J connectivity index is 2.10. The molecule has 0 aliphatic carbocycles. The zero-order valence-corrected chi connectivity index (χ0v) is 12.2. The molecule has 0 bridgehead atoms. The smallest absolute Gasteiger partial charge is 0.0765 e. The molecule has 18 heavy (non-hydrogen) atoms. The third-order valence-corrected chi connectivity index (χ3v) is 3.93.